The van der Waals surface area contributed by atoms with Crippen LogP contribution in [0.5, 0.6) is 0 Å². The highest BCUT2D eigenvalue weighted by Gasteiger charge is 2.42. The van der Waals surface area contributed by atoms with E-state index in [9.17, 15) is 9.59 Å². The Kier molecular flexibility index (Phi) is 5.40. The summed E-state index contributed by atoms with van der Waals surface area (Å²) in [7, 11) is 0. The van der Waals surface area contributed by atoms with Crippen LogP contribution in [0, 0.1) is 0 Å². The first-order chi connectivity index (χ1) is 13.6. The summed E-state index contributed by atoms with van der Waals surface area (Å²) in [6.07, 6.45) is 6.32. The summed E-state index contributed by atoms with van der Waals surface area (Å²) < 4.78 is 0. The minimum atomic E-state index is -0.512. The number of hydrogen-bond acceptors (Lipinski definition) is 2. The number of benzene rings is 2. The first-order valence-corrected chi connectivity index (χ1v) is 10.4. The van der Waals surface area contributed by atoms with Crippen LogP contribution in [-0.4, -0.2) is 18.4 Å². The highest BCUT2D eigenvalue weighted by Crippen LogP contribution is 2.42. The molecule has 4 nitrogen and oxygen atoms in total. The fourth-order valence-corrected chi connectivity index (χ4v) is 4.60. The topological polar surface area (TPSA) is 49.4 Å². The Labute approximate surface area is 170 Å². The third-order valence-electron chi connectivity index (χ3n) is 6.03. The van der Waals surface area contributed by atoms with E-state index >= 15 is 0 Å². The Hall–Kier alpha value is -2.33. The average molecular weight is 397 g/mol. The monoisotopic (exact) mass is 396 g/mol. The SMILES string of the molecule is O=C1CCCCN1c1cccc(NC(=O)C2(c3ccc(Cl)cc3)CCCC2)c1. The van der Waals surface area contributed by atoms with Crippen LogP contribution in [-0.2, 0) is 15.0 Å². The van der Waals surface area contributed by atoms with Gasteiger partial charge < -0.3 is 10.2 Å². The van der Waals surface area contributed by atoms with Crippen molar-refractivity contribution in [3.8, 4) is 0 Å². The van der Waals surface area contributed by atoms with E-state index < -0.39 is 5.41 Å². The molecule has 5 heteroatoms. The first kappa shape index (κ1) is 19.0. The maximum atomic E-state index is 13.3. The lowest BCUT2D eigenvalue weighted by Crippen LogP contribution is -2.38. The van der Waals surface area contributed by atoms with Crippen LogP contribution in [0.3, 0.4) is 0 Å². The minimum absolute atomic E-state index is 0.0226. The molecule has 146 valence electrons. The number of piperidine rings is 1. The molecule has 28 heavy (non-hydrogen) atoms. The molecule has 1 heterocycles. The predicted molar refractivity (Wildman–Crippen MR) is 113 cm³/mol. The quantitative estimate of drug-likeness (QED) is 0.761. The van der Waals surface area contributed by atoms with Gasteiger partial charge in [0.25, 0.3) is 0 Å². The summed E-state index contributed by atoms with van der Waals surface area (Å²) in [5, 5.41) is 3.80. The summed E-state index contributed by atoms with van der Waals surface area (Å²) in [5.74, 6) is 0.178. The molecule has 2 aromatic carbocycles. The van der Waals surface area contributed by atoms with Gasteiger partial charge in [-0.25, -0.2) is 0 Å². The number of carbonyl (C=O) groups excluding carboxylic acids is 2. The molecule has 0 bridgehead atoms. The number of anilines is 2. The van der Waals surface area contributed by atoms with Gasteiger partial charge in [-0.1, -0.05) is 42.6 Å². The number of amides is 2. The maximum Gasteiger partial charge on any atom is 0.235 e. The van der Waals surface area contributed by atoms with Crippen LogP contribution < -0.4 is 10.2 Å². The molecule has 0 aromatic heterocycles. The summed E-state index contributed by atoms with van der Waals surface area (Å²) in [6.45, 7) is 0.741. The second-order valence-electron chi connectivity index (χ2n) is 7.80. The van der Waals surface area contributed by atoms with E-state index in [0.29, 0.717) is 11.4 Å². The smallest absolute Gasteiger partial charge is 0.235 e. The first-order valence-electron chi connectivity index (χ1n) is 10.1. The maximum absolute atomic E-state index is 13.3. The Bertz CT molecular complexity index is 872. The lowest BCUT2D eigenvalue weighted by Gasteiger charge is -2.29. The molecule has 2 aliphatic rings. The summed E-state index contributed by atoms with van der Waals surface area (Å²) in [5.41, 5.74) is 2.10. The third-order valence-corrected chi connectivity index (χ3v) is 6.28. The van der Waals surface area contributed by atoms with Crippen molar-refractivity contribution in [2.24, 2.45) is 0 Å². The molecule has 2 aromatic rings. The van der Waals surface area contributed by atoms with Gasteiger partial charge in [-0.05, 0) is 61.6 Å². The number of halogens is 1. The van der Waals surface area contributed by atoms with Crippen LogP contribution >= 0.6 is 11.6 Å². The van der Waals surface area contributed by atoms with Gasteiger partial charge in [0.1, 0.15) is 0 Å². The van der Waals surface area contributed by atoms with Crippen LogP contribution in [0.1, 0.15) is 50.5 Å². The van der Waals surface area contributed by atoms with Gasteiger partial charge in [0.05, 0.1) is 5.41 Å². The summed E-state index contributed by atoms with van der Waals surface area (Å²) in [6, 6.07) is 15.3. The molecule has 1 aliphatic carbocycles. The Morgan fingerprint density at radius 1 is 1.00 bits per heavy atom. The van der Waals surface area contributed by atoms with Crippen LogP contribution in [0.4, 0.5) is 11.4 Å². The van der Waals surface area contributed by atoms with Gasteiger partial charge >= 0.3 is 0 Å². The number of nitrogens with zero attached hydrogens (tertiary/aromatic N) is 1. The van der Waals surface area contributed by atoms with E-state index in [1.54, 1.807) is 0 Å². The normalized spacial score (nSPS) is 18.9. The van der Waals surface area contributed by atoms with Gasteiger partial charge in [0.15, 0.2) is 0 Å². The second kappa shape index (κ2) is 7.96. The van der Waals surface area contributed by atoms with E-state index in [0.717, 1.165) is 62.0 Å². The van der Waals surface area contributed by atoms with Gasteiger partial charge in [0, 0.05) is 29.4 Å². The Balaban J connectivity index is 1.57. The molecule has 0 atom stereocenters. The average Bonchev–Trinajstić information content (AvgIpc) is 3.20. The van der Waals surface area contributed by atoms with Gasteiger partial charge in [0.2, 0.25) is 11.8 Å². The molecule has 1 saturated heterocycles. The molecule has 1 saturated carbocycles. The largest absolute Gasteiger partial charge is 0.325 e. The molecule has 2 amide bonds. The standard InChI is InChI=1S/C23H25ClN2O2/c24-18-11-9-17(10-12-18)23(13-2-3-14-23)22(28)25-19-6-5-7-20(16-19)26-15-4-1-8-21(26)27/h5-7,9-12,16H,1-4,8,13-15H2,(H,25,28). The van der Waals surface area contributed by atoms with E-state index in [-0.39, 0.29) is 11.8 Å². The van der Waals surface area contributed by atoms with Gasteiger partial charge in [-0.3, -0.25) is 9.59 Å². The number of hydrogen-bond donors (Lipinski definition) is 1. The van der Waals surface area contributed by atoms with E-state index in [4.69, 9.17) is 11.6 Å². The van der Waals surface area contributed by atoms with Crippen molar-refractivity contribution in [3.63, 3.8) is 0 Å². The van der Waals surface area contributed by atoms with Gasteiger partial charge in [-0.15, -0.1) is 0 Å². The number of rotatable bonds is 4. The fourth-order valence-electron chi connectivity index (χ4n) is 4.48. The minimum Gasteiger partial charge on any atom is -0.325 e. The lowest BCUT2D eigenvalue weighted by atomic mass is 9.78. The van der Waals surface area contributed by atoms with Crippen molar-refractivity contribution >= 4 is 34.8 Å². The molecule has 1 aliphatic heterocycles. The molecular formula is C23H25ClN2O2. The highest BCUT2D eigenvalue weighted by atomic mass is 35.5. The zero-order valence-electron chi connectivity index (χ0n) is 15.9. The highest BCUT2D eigenvalue weighted by molar-refractivity contribution is 6.30. The van der Waals surface area contributed by atoms with Crippen molar-refractivity contribution in [1.29, 1.82) is 0 Å². The molecule has 1 N–H and O–H groups in total. The zero-order valence-corrected chi connectivity index (χ0v) is 16.7. The molecule has 4 rings (SSSR count). The molecular weight excluding hydrogens is 372 g/mol. The second-order valence-corrected chi connectivity index (χ2v) is 8.24. The van der Waals surface area contributed by atoms with Crippen LogP contribution in [0.15, 0.2) is 48.5 Å². The van der Waals surface area contributed by atoms with Crippen molar-refractivity contribution in [2.45, 2.75) is 50.4 Å². The Morgan fingerprint density at radius 2 is 1.75 bits per heavy atom. The lowest BCUT2D eigenvalue weighted by molar-refractivity contribution is -0.121. The molecule has 2 fully saturated rings. The van der Waals surface area contributed by atoms with E-state index in [1.807, 2.05) is 53.4 Å². The molecule has 0 spiro atoms. The van der Waals surface area contributed by atoms with E-state index in [1.165, 1.54) is 0 Å². The number of carbonyl (C=O) groups is 2. The van der Waals surface area contributed by atoms with Crippen molar-refractivity contribution in [2.75, 3.05) is 16.8 Å². The zero-order chi connectivity index (χ0) is 19.6. The molecule has 0 unspecified atom stereocenters. The summed E-state index contributed by atoms with van der Waals surface area (Å²) >= 11 is 6.04. The Morgan fingerprint density at radius 3 is 2.46 bits per heavy atom. The van der Waals surface area contributed by atoms with Crippen molar-refractivity contribution in [3.05, 3.63) is 59.1 Å². The van der Waals surface area contributed by atoms with Gasteiger partial charge in [-0.2, -0.15) is 0 Å². The molecule has 0 radical (unpaired) electrons. The van der Waals surface area contributed by atoms with Crippen LogP contribution in [0.2, 0.25) is 5.02 Å². The van der Waals surface area contributed by atoms with Crippen molar-refractivity contribution in [1.82, 2.24) is 0 Å². The summed E-state index contributed by atoms with van der Waals surface area (Å²) in [4.78, 5) is 27.4. The predicted octanol–water partition coefficient (Wildman–Crippen LogP) is 5.31. The van der Waals surface area contributed by atoms with E-state index in [2.05, 4.69) is 5.32 Å². The fraction of sp³-hybridized carbons (Fsp3) is 0.391. The number of nitrogens with one attached hydrogen (secondary N) is 1. The van der Waals surface area contributed by atoms with Crippen LogP contribution in [0.25, 0.3) is 0 Å². The third kappa shape index (κ3) is 3.66. The van der Waals surface area contributed by atoms with Crippen molar-refractivity contribution < 1.29 is 9.59 Å².